The molecule has 0 spiro atoms. The van der Waals surface area contributed by atoms with E-state index >= 15 is 0 Å². The first kappa shape index (κ1) is 23.1. The van der Waals surface area contributed by atoms with E-state index in [2.05, 4.69) is 10.1 Å². The minimum atomic E-state index is -1.76. The van der Waals surface area contributed by atoms with Crippen molar-refractivity contribution < 1.29 is 28.5 Å². The lowest BCUT2D eigenvalue weighted by Gasteiger charge is -2.23. The number of hydrogen-bond donors (Lipinski definition) is 2. The first-order valence-electron chi connectivity index (χ1n) is 10.2. The predicted molar refractivity (Wildman–Crippen MR) is 116 cm³/mol. The first-order chi connectivity index (χ1) is 15.0. The van der Waals surface area contributed by atoms with E-state index in [9.17, 15) is 14.7 Å². The van der Waals surface area contributed by atoms with Crippen LogP contribution in [0.1, 0.15) is 54.2 Å². The fourth-order valence-corrected chi connectivity index (χ4v) is 4.35. The van der Waals surface area contributed by atoms with E-state index in [1.54, 1.807) is 26.0 Å². The molecule has 0 bridgehead atoms. The quantitative estimate of drug-likeness (QED) is 0.318. The van der Waals surface area contributed by atoms with Gasteiger partial charge >= 0.3 is 14.5 Å². The van der Waals surface area contributed by atoms with Crippen LogP contribution in [-0.2, 0) is 20.7 Å². The van der Waals surface area contributed by atoms with Crippen LogP contribution >= 0.6 is 8.53 Å². The molecule has 0 saturated heterocycles. The van der Waals surface area contributed by atoms with Crippen LogP contribution in [0.2, 0.25) is 0 Å². The minimum absolute atomic E-state index is 0.0318. The molecule has 0 amide bonds. The second kappa shape index (κ2) is 11.2. The molecule has 2 unspecified atom stereocenters. The van der Waals surface area contributed by atoms with Crippen LogP contribution < -0.4 is 9.61 Å². The highest BCUT2D eigenvalue weighted by molar-refractivity contribution is 7.45. The monoisotopic (exact) mass is 446 g/mol. The zero-order chi connectivity index (χ0) is 22.2. The second-order valence-electron chi connectivity index (χ2n) is 7.38. The van der Waals surface area contributed by atoms with Gasteiger partial charge in [-0.15, -0.1) is 0 Å². The molecule has 0 radical (unpaired) electrons. The average Bonchev–Trinajstić information content (AvgIpc) is 3.28. The third kappa shape index (κ3) is 6.47. The Morgan fingerprint density at radius 3 is 2.71 bits per heavy atom. The maximum atomic E-state index is 12.5. The molecule has 2 N–H and O–H groups in total. The standard InChI is InChI=1S/C22H27N2O6P/c1-15-21(26)20(13-25)17(12-23-15)14-28-31(30-19-10-4-3-5-11-19)24-16(2)22(27)29-18-8-6-7-9-18/h3-5,10-13,16,18,24,26H,6-9,14H2,1-2H3. The Hall–Kier alpha value is -2.54. The number of hydrogen-bond acceptors (Lipinski definition) is 8. The number of aromatic hydroxyl groups is 1. The summed E-state index contributed by atoms with van der Waals surface area (Å²) in [5.41, 5.74) is 0.899. The van der Waals surface area contributed by atoms with Gasteiger partial charge in [-0.1, -0.05) is 18.2 Å². The van der Waals surface area contributed by atoms with E-state index in [0.717, 1.165) is 25.7 Å². The van der Waals surface area contributed by atoms with Gasteiger partial charge in [0.1, 0.15) is 23.6 Å². The molecule has 1 aromatic heterocycles. The summed E-state index contributed by atoms with van der Waals surface area (Å²) in [5, 5.41) is 13.1. The van der Waals surface area contributed by atoms with Crippen LogP contribution in [0.3, 0.4) is 0 Å². The van der Waals surface area contributed by atoms with Crippen molar-refractivity contribution in [1.82, 2.24) is 10.1 Å². The molecule has 1 heterocycles. The maximum Gasteiger partial charge on any atom is 0.323 e. The van der Waals surface area contributed by atoms with Crippen LogP contribution in [0.25, 0.3) is 0 Å². The van der Waals surface area contributed by atoms with Gasteiger partial charge in [0.05, 0.1) is 17.9 Å². The number of benzene rings is 1. The number of pyridine rings is 1. The molecule has 1 fully saturated rings. The molecule has 1 aromatic carbocycles. The molecule has 2 atom stereocenters. The third-order valence-electron chi connectivity index (χ3n) is 4.98. The van der Waals surface area contributed by atoms with E-state index < -0.39 is 14.6 Å². The number of esters is 1. The maximum absolute atomic E-state index is 12.5. The van der Waals surface area contributed by atoms with Gasteiger partial charge in [-0.05, 0) is 51.7 Å². The summed E-state index contributed by atoms with van der Waals surface area (Å²) >= 11 is 0. The average molecular weight is 446 g/mol. The zero-order valence-corrected chi connectivity index (χ0v) is 18.5. The fourth-order valence-electron chi connectivity index (χ4n) is 3.18. The topological polar surface area (TPSA) is 107 Å². The van der Waals surface area contributed by atoms with Gasteiger partial charge in [-0.25, -0.2) is 5.09 Å². The van der Waals surface area contributed by atoms with E-state index in [0.29, 0.717) is 23.3 Å². The summed E-state index contributed by atoms with van der Waals surface area (Å²) < 4.78 is 17.3. The van der Waals surface area contributed by atoms with Crippen molar-refractivity contribution in [3.8, 4) is 11.5 Å². The fraction of sp³-hybridized carbons (Fsp3) is 0.409. The normalized spacial score (nSPS) is 15.9. The molecular weight excluding hydrogens is 419 g/mol. The summed E-state index contributed by atoms with van der Waals surface area (Å²) in [6.07, 6.45) is 5.94. The third-order valence-corrected chi connectivity index (χ3v) is 6.32. The number of nitrogens with one attached hydrogen (secondary N) is 1. The predicted octanol–water partition coefficient (Wildman–Crippen LogP) is 4.19. The van der Waals surface area contributed by atoms with Crippen molar-refractivity contribution in [1.29, 1.82) is 0 Å². The Bertz CT molecular complexity index is 889. The van der Waals surface area contributed by atoms with Gasteiger partial charge in [0.2, 0.25) is 0 Å². The lowest BCUT2D eigenvalue weighted by molar-refractivity contribution is -0.150. The largest absolute Gasteiger partial charge is 0.505 e. The Labute approximate surface area is 182 Å². The highest BCUT2D eigenvalue weighted by atomic mass is 31.2. The highest BCUT2D eigenvalue weighted by Crippen LogP contribution is 2.38. The summed E-state index contributed by atoms with van der Waals surface area (Å²) in [7, 11) is -1.76. The molecule has 1 aliphatic rings. The SMILES string of the molecule is Cc1ncc(COP(NC(C)C(=O)OC2CCCC2)Oc2ccccc2)c(C=O)c1O. The number of rotatable bonds is 10. The Balaban J connectivity index is 1.68. The first-order valence-corrected chi connectivity index (χ1v) is 11.4. The van der Waals surface area contributed by atoms with Gasteiger partial charge in [-0.2, -0.15) is 0 Å². The molecular formula is C22H27N2O6P. The van der Waals surface area contributed by atoms with Gasteiger partial charge < -0.3 is 18.9 Å². The van der Waals surface area contributed by atoms with Crippen LogP contribution in [0.4, 0.5) is 0 Å². The van der Waals surface area contributed by atoms with Crippen LogP contribution in [0.5, 0.6) is 11.5 Å². The molecule has 8 nitrogen and oxygen atoms in total. The molecule has 3 rings (SSSR count). The van der Waals surface area contributed by atoms with E-state index in [-0.39, 0.29) is 30.0 Å². The minimum Gasteiger partial charge on any atom is -0.505 e. The molecule has 31 heavy (non-hydrogen) atoms. The van der Waals surface area contributed by atoms with Crippen molar-refractivity contribution in [2.24, 2.45) is 0 Å². The molecule has 1 saturated carbocycles. The number of aromatic nitrogens is 1. The van der Waals surface area contributed by atoms with Crippen molar-refractivity contribution in [3.05, 3.63) is 53.3 Å². The molecule has 2 aromatic rings. The zero-order valence-electron chi connectivity index (χ0n) is 17.6. The Morgan fingerprint density at radius 2 is 2.03 bits per heavy atom. The summed E-state index contributed by atoms with van der Waals surface area (Å²) in [5.74, 6) is 0.0340. The molecule has 0 aliphatic heterocycles. The Morgan fingerprint density at radius 1 is 1.32 bits per heavy atom. The van der Waals surface area contributed by atoms with E-state index in [1.165, 1.54) is 6.20 Å². The summed E-state index contributed by atoms with van der Waals surface area (Å²) in [4.78, 5) is 28.0. The second-order valence-corrected chi connectivity index (χ2v) is 8.59. The van der Waals surface area contributed by atoms with Gasteiger partial charge in [-0.3, -0.25) is 14.6 Å². The lowest BCUT2D eigenvalue weighted by atomic mass is 10.1. The Kier molecular flexibility index (Phi) is 8.35. The van der Waals surface area contributed by atoms with Crippen molar-refractivity contribution in [3.63, 3.8) is 0 Å². The summed E-state index contributed by atoms with van der Waals surface area (Å²) in [6.45, 7) is 3.27. The van der Waals surface area contributed by atoms with E-state index in [1.807, 2.05) is 18.2 Å². The number of ether oxygens (including phenoxy) is 1. The van der Waals surface area contributed by atoms with Crippen molar-refractivity contribution >= 4 is 20.8 Å². The van der Waals surface area contributed by atoms with Gasteiger partial charge in [0.15, 0.2) is 6.29 Å². The van der Waals surface area contributed by atoms with Crippen molar-refractivity contribution in [2.75, 3.05) is 0 Å². The van der Waals surface area contributed by atoms with Crippen LogP contribution in [-0.4, -0.2) is 34.5 Å². The highest BCUT2D eigenvalue weighted by Gasteiger charge is 2.27. The van der Waals surface area contributed by atoms with Gasteiger partial charge in [0.25, 0.3) is 0 Å². The van der Waals surface area contributed by atoms with E-state index in [4.69, 9.17) is 13.8 Å². The van der Waals surface area contributed by atoms with Gasteiger partial charge in [0, 0.05) is 11.8 Å². The van der Waals surface area contributed by atoms with Crippen LogP contribution in [0, 0.1) is 6.92 Å². The molecule has 9 heteroatoms. The number of aldehydes is 1. The molecule has 1 aliphatic carbocycles. The molecule has 166 valence electrons. The smallest absolute Gasteiger partial charge is 0.323 e. The number of nitrogens with zero attached hydrogens (tertiary/aromatic N) is 1. The summed E-state index contributed by atoms with van der Waals surface area (Å²) in [6, 6.07) is 8.42. The lowest BCUT2D eigenvalue weighted by Crippen LogP contribution is -2.35. The number of aryl methyl sites for hydroxylation is 1. The number of carbonyl (C=O) groups is 2. The number of para-hydroxylation sites is 1. The van der Waals surface area contributed by atoms with Crippen LogP contribution in [0.15, 0.2) is 36.5 Å². The number of carbonyl (C=O) groups excluding carboxylic acids is 2. The van der Waals surface area contributed by atoms with Crippen molar-refractivity contribution in [2.45, 2.75) is 58.3 Å².